The Bertz CT molecular complexity index is 420. The molecule has 0 fully saturated rings. The number of hydrogen-bond donors (Lipinski definition) is 1. The summed E-state index contributed by atoms with van der Waals surface area (Å²) in [5.41, 5.74) is 3.55. The van der Waals surface area contributed by atoms with Crippen LogP contribution in [0.2, 0.25) is 0 Å². The Morgan fingerprint density at radius 1 is 1.39 bits per heavy atom. The molecule has 1 aromatic rings. The molecule has 1 aromatic carbocycles. The largest absolute Gasteiger partial charge is 0.480 e. The van der Waals surface area contributed by atoms with E-state index in [0.717, 1.165) is 5.56 Å². The molecule has 1 atom stereocenters. The van der Waals surface area contributed by atoms with Crippen LogP contribution in [0.5, 0.6) is 0 Å². The molecule has 0 aliphatic rings. The maximum absolute atomic E-state index is 10.9. The molecule has 98 valence electrons. The van der Waals surface area contributed by atoms with Gasteiger partial charge in [-0.15, -0.1) is 6.58 Å². The van der Waals surface area contributed by atoms with Crippen LogP contribution in [0.25, 0.3) is 0 Å². The first-order valence-corrected chi connectivity index (χ1v) is 6.09. The Balaban J connectivity index is 2.96. The van der Waals surface area contributed by atoms with Crippen LogP contribution in [-0.2, 0) is 4.79 Å². The molecule has 0 saturated carbocycles. The fourth-order valence-electron chi connectivity index (χ4n) is 2.16. The molecule has 0 radical (unpaired) electrons. The Hall–Kier alpha value is -1.61. The smallest absolute Gasteiger partial charge is 0.317 e. The van der Waals surface area contributed by atoms with Gasteiger partial charge in [0.15, 0.2) is 0 Å². The van der Waals surface area contributed by atoms with Crippen molar-refractivity contribution < 1.29 is 9.90 Å². The van der Waals surface area contributed by atoms with Crippen LogP contribution in [0.15, 0.2) is 30.9 Å². The Morgan fingerprint density at radius 2 is 1.94 bits per heavy atom. The summed E-state index contributed by atoms with van der Waals surface area (Å²) in [4.78, 5) is 12.8. The van der Waals surface area contributed by atoms with Gasteiger partial charge >= 0.3 is 5.97 Å². The second-order valence-corrected chi connectivity index (χ2v) is 4.71. The number of aryl methyl sites for hydroxylation is 2. The highest BCUT2D eigenvalue weighted by Crippen LogP contribution is 2.22. The van der Waals surface area contributed by atoms with Gasteiger partial charge in [-0.1, -0.05) is 35.4 Å². The van der Waals surface area contributed by atoms with E-state index >= 15 is 0 Å². The van der Waals surface area contributed by atoms with Crippen LogP contribution >= 0.6 is 0 Å². The zero-order valence-corrected chi connectivity index (χ0v) is 11.3. The summed E-state index contributed by atoms with van der Waals surface area (Å²) in [5.74, 6) is -0.812. The molecule has 1 rings (SSSR count). The van der Waals surface area contributed by atoms with E-state index in [-0.39, 0.29) is 12.6 Å². The van der Waals surface area contributed by atoms with Crippen LogP contribution in [-0.4, -0.2) is 29.1 Å². The first-order chi connectivity index (χ1) is 8.43. The highest BCUT2D eigenvalue weighted by Gasteiger charge is 2.17. The van der Waals surface area contributed by atoms with Crippen molar-refractivity contribution in [3.05, 3.63) is 47.5 Å². The minimum absolute atomic E-state index is 0.0280. The molecule has 3 heteroatoms. The fraction of sp³-hybridized carbons (Fsp3) is 0.400. The minimum Gasteiger partial charge on any atom is -0.480 e. The lowest BCUT2D eigenvalue weighted by Gasteiger charge is -2.27. The molecule has 0 bridgehead atoms. The number of carbonyl (C=O) groups is 1. The number of carboxylic acid groups (broad SMARTS) is 1. The second-order valence-electron chi connectivity index (χ2n) is 4.71. The van der Waals surface area contributed by atoms with Crippen LogP contribution in [0.3, 0.4) is 0 Å². The van der Waals surface area contributed by atoms with E-state index in [0.29, 0.717) is 6.54 Å². The van der Waals surface area contributed by atoms with Crippen molar-refractivity contribution in [2.75, 3.05) is 13.1 Å². The normalized spacial score (nSPS) is 12.4. The lowest BCUT2D eigenvalue weighted by atomic mass is 10.0. The molecule has 0 aromatic heterocycles. The molecule has 0 heterocycles. The number of rotatable bonds is 6. The predicted octanol–water partition coefficient (Wildman–Crippen LogP) is 2.94. The van der Waals surface area contributed by atoms with Gasteiger partial charge in [0.1, 0.15) is 0 Å². The van der Waals surface area contributed by atoms with Crippen molar-refractivity contribution in [3.8, 4) is 0 Å². The third kappa shape index (κ3) is 4.00. The summed E-state index contributed by atoms with van der Waals surface area (Å²) in [7, 11) is 0. The topological polar surface area (TPSA) is 40.5 Å². The minimum atomic E-state index is -0.812. The number of carboxylic acids is 1. The quantitative estimate of drug-likeness (QED) is 0.786. The average Bonchev–Trinajstić information content (AvgIpc) is 2.25. The number of nitrogens with zero attached hydrogens (tertiary/aromatic N) is 1. The van der Waals surface area contributed by atoms with Crippen LogP contribution in [0.4, 0.5) is 0 Å². The van der Waals surface area contributed by atoms with Crippen molar-refractivity contribution in [1.29, 1.82) is 0 Å². The van der Waals surface area contributed by atoms with Gasteiger partial charge in [-0.2, -0.15) is 0 Å². The number of aliphatic carboxylic acids is 1. The summed E-state index contributed by atoms with van der Waals surface area (Å²) in [6.45, 7) is 10.4. The van der Waals surface area contributed by atoms with Gasteiger partial charge in [0.2, 0.25) is 0 Å². The molecule has 0 amide bonds. The SMILES string of the molecule is C=CCN(CC(=O)O)C(C)c1cc(C)cc(C)c1. The predicted molar refractivity (Wildman–Crippen MR) is 73.7 cm³/mol. The van der Waals surface area contributed by atoms with E-state index in [1.807, 2.05) is 11.8 Å². The monoisotopic (exact) mass is 247 g/mol. The maximum Gasteiger partial charge on any atom is 0.317 e. The zero-order valence-electron chi connectivity index (χ0n) is 11.3. The molecule has 1 N–H and O–H groups in total. The van der Waals surface area contributed by atoms with Gasteiger partial charge in [-0.05, 0) is 26.3 Å². The van der Waals surface area contributed by atoms with Crippen molar-refractivity contribution in [2.24, 2.45) is 0 Å². The van der Waals surface area contributed by atoms with Crippen molar-refractivity contribution >= 4 is 5.97 Å². The van der Waals surface area contributed by atoms with Crippen LogP contribution in [0.1, 0.15) is 29.7 Å². The Morgan fingerprint density at radius 3 is 2.39 bits per heavy atom. The third-order valence-corrected chi connectivity index (χ3v) is 2.98. The van der Waals surface area contributed by atoms with Gasteiger partial charge in [-0.25, -0.2) is 0 Å². The van der Waals surface area contributed by atoms with E-state index in [2.05, 4.69) is 38.6 Å². The van der Waals surface area contributed by atoms with Gasteiger partial charge in [-0.3, -0.25) is 9.69 Å². The van der Waals surface area contributed by atoms with E-state index in [1.54, 1.807) is 6.08 Å². The first-order valence-electron chi connectivity index (χ1n) is 6.09. The molecule has 0 saturated heterocycles. The molecular weight excluding hydrogens is 226 g/mol. The summed E-state index contributed by atoms with van der Waals surface area (Å²) in [6, 6.07) is 6.40. The molecular formula is C15H21NO2. The number of hydrogen-bond acceptors (Lipinski definition) is 2. The molecule has 1 unspecified atom stereocenters. The lowest BCUT2D eigenvalue weighted by molar-refractivity contribution is -0.138. The van der Waals surface area contributed by atoms with Crippen LogP contribution < -0.4 is 0 Å². The Labute approximate surface area is 109 Å². The summed E-state index contributed by atoms with van der Waals surface area (Å²) >= 11 is 0. The lowest BCUT2D eigenvalue weighted by Crippen LogP contribution is -2.32. The second kappa shape index (κ2) is 6.36. The molecule has 0 aliphatic heterocycles. The average molecular weight is 247 g/mol. The number of benzene rings is 1. The third-order valence-electron chi connectivity index (χ3n) is 2.98. The molecule has 0 aliphatic carbocycles. The fourth-order valence-corrected chi connectivity index (χ4v) is 2.16. The zero-order chi connectivity index (χ0) is 13.7. The molecule has 3 nitrogen and oxygen atoms in total. The highest BCUT2D eigenvalue weighted by atomic mass is 16.4. The molecule has 18 heavy (non-hydrogen) atoms. The van der Waals surface area contributed by atoms with E-state index in [1.165, 1.54) is 11.1 Å². The molecule has 0 spiro atoms. The van der Waals surface area contributed by atoms with Gasteiger partial charge < -0.3 is 5.11 Å². The summed E-state index contributed by atoms with van der Waals surface area (Å²) < 4.78 is 0. The van der Waals surface area contributed by atoms with Crippen molar-refractivity contribution in [3.63, 3.8) is 0 Å². The maximum atomic E-state index is 10.9. The highest BCUT2D eigenvalue weighted by molar-refractivity contribution is 5.69. The van der Waals surface area contributed by atoms with Gasteiger partial charge in [0.25, 0.3) is 0 Å². The van der Waals surface area contributed by atoms with E-state index in [4.69, 9.17) is 5.11 Å². The Kier molecular flexibility index (Phi) is 5.10. The van der Waals surface area contributed by atoms with Gasteiger partial charge in [0.05, 0.1) is 6.54 Å². The van der Waals surface area contributed by atoms with Crippen molar-refractivity contribution in [2.45, 2.75) is 26.8 Å². The first kappa shape index (κ1) is 14.5. The summed E-state index contributed by atoms with van der Waals surface area (Å²) in [6.07, 6.45) is 1.74. The standard InChI is InChI=1S/C15H21NO2/c1-5-6-16(10-15(17)18)13(4)14-8-11(2)7-12(3)9-14/h5,7-9,13H,1,6,10H2,2-4H3,(H,17,18). The van der Waals surface area contributed by atoms with Crippen LogP contribution in [0, 0.1) is 13.8 Å². The summed E-state index contributed by atoms with van der Waals surface area (Å²) in [5, 5.41) is 8.94. The van der Waals surface area contributed by atoms with E-state index in [9.17, 15) is 4.79 Å². The van der Waals surface area contributed by atoms with Gasteiger partial charge in [0, 0.05) is 12.6 Å². The van der Waals surface area contributed by atoms with Crippen molar-refractivity contribution in [1.82, 2.24) is 4.90 Å². The van der Waals surface area contributed by atoms with E-state index < -0.39 is 5.97 Å².